The van der Waals surface area contributed by atoms with Gasteiger partial charge in [0.1, 0.15) is 0 Å². The topological polar surface area (TPSA) is 26.3 Å². The predicted molar refractivity (Wildman–Crippen MR) is 74.9 cm³/mol. The Morgan fingerprint density at radius 3 is 2.37 bits per heavy atom. The third-order valence-corrected chi connectivity index (χ3v) is 2.73. The van der Waals surface area contributed by atoms with E-state index >= 15 is 0 Å². The number of aryl methyl sites for hydroxylation is 1. The first-order valence-electron chi connectivity index (χ1n) is 5.97. The fourth-order valence-corrected chi connectivity index (χ4v) is 1.66. The van der Waals surface area contributed by atoms with Crippen molar-refractivity contribution in [3.8, 4) is 11.8 Å². The van der Waals surface area contributed by atoms with Gasteiger partial charge in [-0.3, -0.25) is 0 Å². The normalized spacial score (nSPS) is 9.37. The van der Waals surface area contributed by atoms with Crippen LogP contribution in [0, 0.1) is 18.8 Å². The summed E-state index contributed by atoms with van der Waals surface area (Å²) >= 11 is 0. The number of hydrogen-bond donors (Lipinski definition) is 0. The van der Waals surface area contributed by atoms with Crippen LogP contribution < -0.4 is 0 Å². The monoisotopic (exact) mass is 250 g/mol. The first-order chi connectivity index (χ1) is 9.20. The van der Waals surface area contributed by atoms with E-state index in [9.17, 15) is 4.79 Å². The SMILES string of the molecule is COC(=O)c1ccccc1C#Cc1ccc(C)cc1. The van der Waals surface area contributed by atoms with Crippen molar-refractivity contribution in [2.75, 3.05) is 7.11 Å². The molecule has 0 aromatic heterocycles. The van der Waals surface area contributed by atoms with Crippen LogP contribution in [0.4, 0.5) is 0 Å². The highest BCUT2D eigenvalue weighted by atomic mass is 16.5. The Morgan fingerprint density at radius 1 is 1.00 bits per heavy atom. The minimum absolute atomic E-state index is 0.367. The highest BCUT2D eigenvalue weighted by Gasteiger charge is 2.08. The highest BCUT2D eigenvalue weighted by Crippen LogP contribution is 2.09. The van der Waals surface area contributed by atoms with Crippen molar-refractivity contribution in [3.05, 3.63) is 70.8 Å². The van der Waals surface area contributed by atoms with Crippen LogP contribution >= 0.6 is 0 Å². The van der Waals surface area contributed by atoms with Crippen molar-refractivity contribution in [2.45, 2.75) is 6.92 Å². The summed E-state index contributed by atoms with van der Waals surface area (Å²) in [7, 11) is 1.37. The van der Waals surface area contributed by atoms with E-state index in [1.807, 2.05) is 43.3 Å². The number of rotatable bonds is 1. The van der Waals surface area contributed by atoms with E-state index in [4.69, 9.17) is 4.74 Å². The molecule has 2 aromatic carbocycles. The first-order valence-corrected chi connectivity index (χ1v) is 5.97. The number of methoxy groups -OCH3 is 1. The van der Waals surface area contributed by atoms with Crippen LogP contribution in [0.2, 0.25) is 0 Å². The van der Waals surface area contributed by atoms with Gasteiger partial charge in [0.25, 0.3) is 0 Å². The summed E-state index contributed by atoms with van der Waals surface area (Å²) < 4.78 is 4.74. The van der Waals surface area contributed by atoms with E-state index in [0.29, 0.717) is 11.1 Å². The van der Waals surface area contributed by atoms with Gasteiger partial charge in [-0.15, -0.1) is 0 Å². The lowest BCUT2D eigenvalue weighted by Crippen LogP contribution is -2.03. The fourth-order valence-electron chi connectivity index (χ4n) is 1.66. The summed E-state index contributed by atoms with van der Waals surface area (Å²) in [5.74, 6) is 5.70. The number of ether oxygens (including phenoxy) is 1. The number of hydrogen-bond acceptors (Lipinski definition) is 2. The fraction of sp³-hybridized carbons (Fsp3) is 0.118. The lowest BCUT2D eigenvalue weighted by molar-refractivity contribution is 0.0600. The smallest absolute Gasteiger partial charge is 0.339 e. The number of esters is 1. The molecule has 2 rings (SSSR count). The second kappa shape index (κ2) is 5.88. The van der Waals surface area contributed by atoms with Crippen LogP contribution in [0.3, 0.4) is 0 Å². The van der Waals surface area contributed by atoms with Gasteiger partial charge in [0.05, 0.1) is 12.7 Å². The lowest BCUT2D eigenvalue weighted by atomic mass is 10.1. The third-order valence-electron chi connectivity index (χ3n) is 2.73. The summed E-state index contributed by atoms with van der Waals surface area (Å²) in [5.41, 5.74) is 3.28. The van der Waals surface area contributed by atoms with Gasteiger partial charge in [-0.05, 0) is 31.2 Å². The second-order valence-electron chi connectivity index (χ2n) is 4.15. The predicted octanol–water partition coefficient (Wildman–Crippen LogP) is 3.18. The number of benzene rings is 2. The van der Waals surface area contributed by atoms with E-state index in [1.54, 1.807) is 12.1 Å². The van der Waals surface area contributed by atoms with Crippen LogP contribution in [-0.2, 0) is 4.74 Å². The van der Waals surface area contributed by atoms with Crippen molar-refractivity contribution in [1.29, 1.82) is 0 Å². The Morgan fingerprint density at radius 2 is 1.68 bits per heavy atom. The molecular weight excluding hydrogens is 236 g/mol. The molecule has 0 aliphatic heterocycles. The Kier molecular flexibility index (Phi) is 4.00. The van der Waals surface area contributed by atoms with Crippen molar-refractivity contribution in [2.24, 2.45) is 0 Å². The molecule has 0 atom stereocenters. The molecule has 0 N–H and O–H groups in total. The van der Waals surface area contributed by atoms with Crippen LogP contribution in [-0.4, -0.2) is 13.1 Å². The molecule has 0 aliphatic rings. The molecule has 94 valence electrons. The van der Waals surface area contributed by atoms with E-state index in [2.05, 4.69) is 11.8 Å². The molecular formula is C17H14O2. The summed E-state index contributed by atoms with van der Waals surface area (Å²) in [6.07, 6.45) is 0. The van der Waals surface area contributed by atoms with Gasteiger partial charge in [0.2, 0.25) is 0 Å². The number of carbonyl (C=O) groups excluding carboxylic acids is 1. The maximum atomic E-state index is 11.6. The van der Waals surface area contributed by atoms with Crippen LogP contribution in [0.5, 0.6) is 0 Å². The molecule has 0 aliphatic carbocycles. The molecule has 2 aromatic rings. The number of carbonyl (C=O) groups is 1. The van der Waals surface area contributed by atoms with E-state index in [-0.39, 0.29) is 5.97 Å². The van der Waals surface area contributed by atoms with Crippen LogP contribution in [0.15, 0.2) is 48.5 Å². The maximum absolute atomic E-state index is 11.6. The van der Waals surface area contributed by atoms with Gasteiger partial charge < -0.3 is 4.74 Å². The second-order valence-corrected chi connectivity index (χ2v) is 4.15. The van der Waals surface area contributed by atoms with E-state index < -0.39 is 0 Å². The van der Waals surface area contributed by atoms with Crippen LogP contribution in [0.25, 0.3) is 0 Å². The zero-order chi connectivity index (χ0) is 13.7. The van der Waals surface area contributed by atoms with Crippen molar-refractivity contribution in [1.82, 2.24) is 0 Å². The average molecular weight is 250 g/mol. The Balaban J connectivity index is 2.34. The quantitative estimate of drug-likeness (QED) is 0.574. The maximum Gasteiger partial charge on any atom is 0.339 e. The first kappa shape index (κ1) is 12.9. The molecule has 2 heteroatoms. The molecule has 19 heavy (non-hydrogen) atoms. The van der Waals surface area contributed by atoms with Gasteiger partial charge in [0, 0.05) is 11.1 Å². The molecule has 0 bridgehead atoms. The molecule has 0 heterocycles. The minimum atomic E-state index is -0.367. The van der Waals surface area contributed by atoms with Gasteiger partial charge >= 0.3 is 5.97 Å². The minimum Gasteiger partial charge on any atom is -0.465 e. The third kappa shape index (κ3) is 3.23. The van der Waals surface area contributed by atoms with Gasteiger partial charge in [0.15, 0.2) is 0 Å². The van der Waals surface area contributed by atoms with Gasteiger partial charge in [-0.2, -0.15) is 0 Å². The molecule has 0 unspecified atom stereocenters. The van der Waals surface area contributed by atoms with Crippen molar-refractivity contribution in [3.63, 3.8) is 0 Å². The lowest BCUT2D eigenvalue weighted by Gasteiger charge is -2.01. The molecule has 0 amide bonds. The summed E-state index contributed by atoms with van der Waals surface area (Å²) in [6, 6.07) is 15.1. The van der Waals surface area contributed by atoms with Crippen LogP contribution in [0.1, 0.15) is 27.0 Å². The average Bonchev–Trinajstić information content (AvgIpc) is 2.46. The Bertz CT molecular complexity index is 643. The summed E-state index contributed by atoms with van der Waals surface area (Å²) in [6.45, 7) is 2.03. The zero-order valence-electron chi connectivity index (χ0n) is 10.9. The van der Waals surface area contributed by atoms with Gasteiger partial charge in [-0.1, -0.05) is 41.7 Å². The molecule has 0 spiro atoms. The van der Waals surface area contributed by atoms with E-state index in [1.165, 1.54) is 12.7 Å². The summed E-state index contributed by atoms with van der Waals surface area (Å²) in [5, 5.41) is 0. The van der Waals surface area contributed by atoms with Gasteiger partial charge in [-0.25, -0.2) is 4.79 Å². The van der Waals surface area contributed by atoms with E-state index in [0.717, 1.165) is 5.56 Å². The highest BCUT2D eigenvalue weighted by molar-refractivity contribution is 5.92. The molecule has 0 radical (unpaired) electrons. The zero-order valence-corrected chi connectivity index (χ0v) is 10.9. The van der Waals surface area contributed by atoms with Crippen molar-refractivity contribution >= 4 is 5.97 Å². The van der Waals surface area contributed by atoms with Crippen molar-refractivity contribution < 1.29 is 9.53 Å². The summed E-state index contributed by atoms with van der Waals surface area (Å²) in [4.78, 5) is 11.6. The molecule has 0 fully saturated rings. The standard InChI is InChI=1S/C17H14O2/c1-13-7-9-14(10-8-13)11-12-15-5-3-4-6-16(15)17(18)19-2/h3-10H,1-2H3. The largest absolute Gasteiger partial charge is 0.465 e. The molecule has 0 saturated heterocycles. The molecule has 2 nitrogen and oxygen atoms in total. The molecule has 0 saturated carbocycles. The Labute approximate surface area is 113 Å². The Hall–Kier alpha value is -2.53.